The van der Waals surface area contributed by atoms with Gasteiger partial charge in [-0.3, -0.25) is 14.7 Å². The lowest BCUT2D eigenvalue weighted by Crippen LogP contribution is -2.43. The lowest BCUT2D eigenvalue weighted by atomic mass is 10.2. The molecule has 0 aromatic rings. The quantitative estimate of drug-likeness (QED) is 0.409. The van der Waals surface area contributed by atoms with Crippen LogP contribution in [0.1, 0.15) is 19.3 Å². The molecule has 6 nitrogen and oxygen atoms in total. The highest BCUT2D eigenvalue weighted by atomic mass is 16.2. The number of likely N-dealkylation sites (N-methyl/N-ethyl adjacent to an activating group) is 1. The Bertz CT molecular complexity index is 316. The minimum absolute atomic E-state index is 0.0820. The van der Waals surface area contributed by atoms with Gasteiger partial charge in [0.1, 0.15) is 0 Å². The van der Waals surface area contributed by atoms with Crippen LogP contribution >= 0.6 is 0 Å². The minimum Gasteiger partial charge on any atom is -0.359 e. The van der Waals surface area contributed by atoms with Crippen LogP contribution in [0.4, 0.5) is 0 Å². The third-order valence-corrected chi connectivity index (χ3v) is 3.46. The average Bonchev–Trinajstić information content (AvgIpc) is 2.86. The molecule has 0 saturated carbocycles. The molecule has 0 bridgehead atoms. The van der Waals surface area contributed by atoms with Crippen molar-refractivity contribution in [1.82, 2.24) is 20.4 Å². The number of rotatable bonds is 5. The van der Waals surface area contributed by atoms with Crippen molar-refractivity contribution >= 4 is 11.9 Å². The predicted molar refractivity (Wildman–Crippen MR) is 78.3 cm³/mol. The van der Waals surface area contributed by atoms with Gasteiger partial charge in [0, 0.05) is 41.3 Å². The summed E-state index contributed by atoms with van der Waals surface area (Å²) >= 11 is 0. The van der Waals surface area contributed by atoms with E-state index in [9.17, 15) is 4.79 Å². The molecule has 1 aliphatic heterocycles. The molecule has 1 amide bonds. The zero-order valence-electron chi connectivity index (χ0n) is 12.6. The van der Waals surface area contributed by atoms with Crippen LogP contribution in [0.25, 0.3) is 0 Å². The van der Waals surface area contributed by atoms with Gasteiger partial charge in [0.05, 0.1) is 6.04 Å². The number of guanidine groups is 1. The van der Waals surface area contributed by atoms with Gasteiger partial charge in [-0.15, -0.1) is 0 Å². The van der Waals surface area contributed by atoms with Crippen molar-refractivity contribution in [2.75, 3.05) is 47.8 Å². The van der Waals surface area contributed by atoms with E-state index in [4.69, 9.17) is 0 Å². The molecule has 0 aliphatic carbocycles. The van der Waals surface area contributed by atoms with Crippen LogP contribution in [-0.4, -0.2) is 75.5 Å². The second-order valence-electron chi connectivity index (χ2n) is 5.03. The molecule has 6 heteroatoms. The van der Waals surface area contributed by atoms with E-state index in [-0.39, 0.29) is 11.9 Å². The molecular weight excluding hydrogens is 242 g/mol. The van der Waals surface area contributed by atoms with Gasteiger partial charge in [0.15, 0.2) is 5.96 Å². The van der Waals surface area contributed by atoms with Crippen molar-refractivity contribution < 1.29 is 4.79 Å². The fraction of sp³-hybridized carbons (Fsp3) is 0.846. The molecule has 1 atom stereocenters. The first kappa shape index (κ1) is 15.8. The molecule has 1 unspecified atom stereocenters. The lowest BCUT2D eigenvalue weighted by Gasteiger charge is -2.26. The highest BCUT2D eigenvalue weighted by molar-refractivity contribution is 5.81. The van der Waals surface area contributed by atoms with Crippen molar-refractivity contribution in [3.05, 3.63) is 0 Å². The Morgan fingerprint density at radius 3 is 2.79 bits per heavy atom. The van der Waals surface area contributed by atoms with E-state index < -0.39 is 0 Å². The van der Waals surface area contributed by atoms with Gasteiger partial charge >= 0.3 is 0 Å². The topological polar surface area (TPSA) is 60.0 Å². The molecule has 110 valence electrons. The normalized spacial score (nSPS) is 20.4. The first-order valence-electron chi connectivity index (χ1n) is 6.93. The molecule has 1 rings (SSSR count). The molecule has 1 aliphatic rings. The maximum atomic E-state index is 12.0. The number of hydrogen-bond acceptors (Lipinski definition) is 3. The molecular formula is C13H27N5O. The summed E-state index contributed by atoms with van der Waals surface area (Å²) in [6.45, 7) is 2.86. The van der Waals surface area contributed by atoms with Crippen LogP contribution in [0.5, 0.6) is 0 Å². The molecule has 0 aromatic heterocycles. The number of likely N-dealkylation sites (tertiary alicyclic amines) is 1. The fourth-order valence-electron chi connectivity index (χ4n) is 2.44. The number of amides is 1. The largest absolute Gasteiger partial charge is 0.359 e. The Hall–Kier alpha value is -1.30. The smallest absolute Gasteiger partial charge is 0.239 e. The molecule has 0 spiro atoms. The van der Waals surface area contributed by atoms with Gasteiger partial charge in [-0.05, 0) is 25.8 Å². The highest BCUT2D eigenvalue weighted by Gasteiger charge is 2.30. The van der Waals surface area contributed by atoms with E-state index in [1.165, 1.54) is 0 Å². The monoisotopic (exact) mass is 269 g/mol. The second kappa shape index (κ2) is 7.99. The molecule has 2 N–H and O–H groups in total. The van der Waals surface area contributed by atoms with E-state index in [1.807, 2.05) is 21.1 Å². The SMILES string of the molecule is CN=C(NC)NCCCN1CCCC1C(=O)N(C)C. The summed E-state index contributed by atoms with van der Waals surface area (Å²) in [4.78, 5) is 20.1. The minimum atomic E-state index is 0.0820. The van der Waals surface area contributed by atoms with Crippen LogP contribution < -0.4 is 10.6 Å². The summed E-state index contributed by atoms with van der Waals surface area (Å²) in [7, 11) is 7.27. The molecule has 0 aromatic carbocycles. The Morgan fingerprint density at radius 1 is 1.47 bits per heavy atom. The average molecular weight is 269 g/mol. The molecule has 1 fully saturated rings. The van der Waals surface area contributed by atoms with Crippen LogP contribution in [0.15, 0.2) is 4.99 Å². The Labute approximate surface area is 116 Å². The van der Waals surface area contributed by atoms with Crippen molar-refractivity contribution in [2.24, 2.45) is 4.99 Å². The summed E-state index contributed by atoms with van der Waals surface area (Å²) in [5, 5.41) is 6.21. The summed E-state index contributed by atoms with van der Waals surface area (Å²) in [6.07, 6.45) is 3.12. The van der Waals surface area contributed by atoms with E-state index in [0.29, 0.717) is 0 Å². The van der Waals surface area contributed by atoms with Crippen molar-refractivity contribution in [3.8, 4) is 0 Å². The standard InChI is InChI=1S/C13H27N5O/c1-14-13(15-2)16-8-6-10-18-9-5-7-11(18)12(19)17(3)4/h11H,5-10H2,1-4H3,(H2,14,15,16). The van der Waals surface area contributed by atoms with Gasteiger partial charge in [0.25, 0.3) is 0 Å². The number of hydrogen-bond donors (Lipinski definition) is 2. The zero-order valence-corrected chi connectivity index (χ0v) is 12.6. The number of nitrogens with one attached hydrogen (secondary N) is 2. The molecule has 1 heterocycles. The van der Waals surface area contributed by atoms with Gasteiger partial charge in [-0.25, -0.2) is 0 Å². The Balaban J connectivity index is 2.30. The van der Waals surface area contributed by atoms with Gasteiger partial charge in [-0.2, -0.15) is 0 Å². The first-order valence-corrected chi connectivity index (χ1v) is 6.93. The van der Waals surface area contributed by atoms with E-state index in [1.54, 1.807) is 11.9 Å². The maximum absolute atomic E-state index is 12.0. The summed E-state index contributed by atoms with van der Waals surface area (Å²) in [5.41, 5.74) is 0. The van der Waals surface area contributed by atoms with Crippen molar-refractivity contribution in [2.45, 2.75) is 25.3 Å². The predicted octanol–water partition coefficient (Wildman–Crippen LogP) is -0.276. The Morgan fingerprint density at radius 2 is 2.21 bits per heavy atom. The van der Waals surface area contributed by atoms with Gasteiger partial charge in [0.2, 0.25) is 5.91 Å². The van der Waals surface area contributed by atoms with Crippen molar-refractivity contribution in [1.29, 1.82) is 0 Å². The number of carbonyl (C=O) groups excluding carboxylic acids is 1. The summed E-state index contributed by atoms with van der Waals surface area (Å²) in [5.74, 6) is 1.04. The van der Waals surface area contributed by atoms with Crippen LogP contribution in [0.2, 0.25) is 0 Å². The van der Waals surface area contributed by atoms with Gasteiger partial charge in [-0.1, -0.05) is 0 Å². The highest BCUT2D eigenvalue weighted by Crippen LogP contribution is 2.18. The van der Waals surface area contributed by atoms with Crippen LogP contribution in [0.3, 0.4) is 0 Å². The zero-order chi connectivity index (χ0) is 14.3. The van der Waals surface area contributed by atoms with E-state index >= 15 is 0 Å². The van der Waals surface area contributed by atoms with E-state index in [0.717, 1.165) is 44.9 Å². The molecule has 0 radical (unpaired) electrons. The number of aliphatic imine (C=N–C) groups is 1. The molecule has 19 heavy (non-hydrogen) atoms. The third kappa shape index (κ3) is 4.70. The summed E-state index contributed by atoms with van der Waals surface area (Å²) in [6, 6.07) is 0.0820. The number of carbonyl (C=O) groups is 1. The van der Waals surface area contributed by atoms with E-state index in [2.05, 4.69) is 20.5 Å². The third-order valence-electron chi connectivity index (χ3n) is 3.46. The fourth-order valence-corrected chi connectivity index (χ4v) is 2.44. The summed E-state index contributed by atoms with van der Waals surface area (Å²) < 4.78 is 0. The lowest BCUT2D eigenvalue weighted by molar-refractivity contribution is -0.133. The first-order chi connectivity index (χ1) is 9.10. The van der Waals surface area contributed by atoms with Gasteiger partial charge < -0.3 is 15.5 Å². The van der Waals surface area contributed by atoms with Crippen LogP contribution in [-0.2, 0) is 4.79 Å². The second-order valence-corrected chi connectivity index (χ2v) is 5.03. The van der Waals surface area contributed by atoms with Crippen LogP contribution in [0, 0.1) is 0 Å². The molecule has 1 saturated heterocycles. The van der Waals surface area contributed by atoms with Crippen molar-refractivity contribution in [3.63, 3.8) is 0 Å². The Kier molecular flexibility index (Phi) is 6.62. The maximum Gasteiger partial charge on any atom is 0.239 e. The number of nitrogens with zero attached hydrogens (tertiary/aromatic N) is 3.